The van der Waals surface area contributed by atoms with E-state index in [1.165, 1.54) is 45.1 Å². The molecular weight excluding hydrogens is 345 g/mol. The van der Waals surface area contributed by atoms with E-state index in [0.29, 0.717) is 0 Å². The van der Waals surface area contributed by atoms with Gasteiger partial charge in [-0.25, -0.2) is 0 Å². The van der Waals surface area contributed by atoms with Crippen LogP contribution >= 0.6 is 0 Å². The Morgan fingerprint density at radius 3 is 2.07 bits per heavy atom. The van der Waals surface area contributed by atoms with E-state index >= 15 is 0 Å². The fourth-order valence-corrected chi connectivity index (χ4v) is 4.07. The molecule has 3 aromatic rings. The van der Waals surface area contributed by atoms with Crippen LogP contribution in [0.4, 0.5) is 0 Å². The number of nitrogens with zero attached hydrogens (tertiary/aromatic N) is 1. The third-order valence-corrected chi connectivity index (χ3v) is 5.12. The normalized spacial score (nSPS) is 14.5. The molecule has 2 aromatic carbocycles. The van der Waals surface area contributed by atoms with Gasteiger partial charge in [0.25, 0.3) is 0 Å². The van der Waals surface area contributed by atoms with Gasteiger partial charge in [0.1, 0.15) is 0 Å². The average molecular weight is 373 g/mol. The Morgan fingerprint density at radius 2 is 1.50 bits per heavy atom. The van der Waals surface area contributed by atoms with E-state index < -0.39 is 7.12 Å². The summed E-state index contributed by atoms with van der Waals surface area (Å²) in [6.45, 7) is 10.2. The molecule has 1 aliphatic rings. The highest BCUT2D eigenvalue weighted by molar-refractivity contribution is 6.38. The molecule has 3 nitrogen and oxygen atoms in total. The summed E-state index contributed by atoms with van der Waals surface area (Å²) in [5.74, 6) is 0. The number of terminal acetylenes is 1. The molecular formula is C24H28BNO2. The van der Waals surface area contributed by atoms with Crippen molar-refractivity contribution in [2.75, 3.05) is 0 Å². The molecule has 0 spiro atoms. The molecule has 4 heteroatoms. The minimum absolute atomic E-state index is 0.0283. The van der Waals surface area contributed by atoms with Gasteiger partial charge in [-0.2, -0.15) is 0 Å². The molecule has 1 aromatic heterocycles. The van der Waals surface area contributed by atoms with Crippen LogP contribution in [-0.2, 0) is 5.41 Å². The van der Waals surface area contributed by atoms with Crippen molar-refractivity contribution >= 4 is 30.2 Å². The van der Waals surface area contributed by atoms with Gasteiger partial charge in [0.15, 0.2) is 0 Å². The van der Waals surface area contributed by atoms with Gasteiger partial charge in [0.05, 0.1) is 11.2 Å². The lowest BCUT2D eigenvalue weighted by Crippen LogP contribution is -2.32. The first-order valence-corrected chi connectivity index (χ1v) is 9.40. The highest BCUT2D eigenvalue weighted by Gasteiger charge is 2.33. The highest BCUT2D eigenvalue weighted by Crippen LogP contribution is 2.42. The van der Waals surface area contributed by atoms with E-state index in [2.05, 4.69) is 99.7 Å². The molecule has 0 unspecified atom stereocenters. The fourth-order valence-electron chi connectivity index (χ4n) is 4.07. The Balaban J connectivity index is 0.000000419. The summed E-state index contributed by atoms with van der Waals surface area (Å²) in [5, 5.41) is 19.2. The van der Waals surface area contributed by atoms with Crippen molar-refractivity contribution in [2.24, 2.45) is 0 Å². The van der Waals surface area contributed by atoms with Crippen LogP contribution in [0.25, 0.3) is 28.7 Å². The van der Waals surface area contributed by atoms with E-state index in [0.717, 1.165) is 0 Å². The lowest BCUT2D eigenvalue weighted by atomic mass is 9.75. The van der Waals surface area contributed by atoms with Crippen LogP contribution in [0.5, 0.6) is 0 Å². The second-order valence-corrected chi connectivity index (χ2v) is 7.19. The second kappa shape index (κ2) is 8.52. The lowest BCUT2D eigenvalue weighted by Gasteiger charge is -2.34. The Labute approximate surface area is 167 Å². The van der Waals surface area contributed by atoms with Gasteiger partial charge in [-0.3, -0.25) is 0 Å². The van der Waals surface area contributed by atoms with Gasteiger partial charge < -0.3 is 14.6 Å². The van der Waals surface area contributed by atoms with Crippen LogP contribution < -0.4 is 10.6 Å². The summed E-state index contributed by atoms with van der Waals surface area (Å²) in [5.41, 5.74) is 5.53. The van der Waals surface area contributed by atoms with Crippen molar-refractivity contribution < 1.29 is 10.0 Å². The SMILES string of the molecule is C#C.C/C=c1\c(=C/C)n2c3c(cccc13)C(C)(C)c1ccccc1-2.CB(O)O. The standard InChI is InChI=1S/C21H21N.C2H2.CH5BO2/c1-5-14-15-10-9-12-17-20(15)22(18(14)6-2)19-13-8-7-11-16(19)21(17,3)4;1-2;1-2(3)4/h5-13H,1-4H3;1-2H;3-4H,1H3/b14-5-,18-6+;;. The summed E-state index contributed by atoms with van der Waals surface area (Å²) in [6, 6.07) is 15.5. The largest absolute Gasteiger partial charge is 0.448 e. The average Bonchev–Trinajstić information content (AvgIpc) is 3.01. The van der Waals surface area contributed by atoms with Crippen LogP contribution in [0, 0.1) is 12.8 Å². The number of hydrogen-bond donors (Lipinski definition) is 2. The highest BCUT2D eigenvalue weighted by atomic mass is 16.4. The number of aromatic nitrogens is 1. The number of hydrogen-bond acceptors (Lipinski definition) is 2. The Kier molecular flexibility index (Phi) is 6.56. The molecule has 0 saturated carbocycles. The molecule has 1 aliphatic heterocycles. The van der Waals surface area contributed by atoms with Crippen molar-refractivity contribution in [1.82, 2.24) is 4.57 Å². The Morgan fingerprint density at radius 1 is 0.929 bits per heavy atom. The summed E-state index contributed by atoms with van der Waals surface area (Å²) in [4.78, 5) is 0. The van der Waals surface area contributed by atoms with Crippen molar-refractivity contribution in [3.05, 3.63) is 64.2 Å². The molecule has 0 fully saturated rings. The maximum absolute atomic E-state index is 7.61. The monoisotopic (exact) mass is 373 g/mol. The molecule has 144 valence electrons. The van der Waals surface area contributed by atoms with Crippen LogP contribution in [0.2, 0.25) is 6.82 Å². The minimum atomic E-state index is -1.17. The molecule has 0 aliphatic carbocycles. The van der Waals surface area contributed by atoms with Gasteiger partial charge in [-0.1, -0.05) is 62.4 Å². The van der Waals surface area contributed by atoms with Gasteiger partial charge in [0, 0.05) is 21.4 Å². The first-order chi connectivity index (χ1) is 13.3. The third kappa shape index (κ3) is 3.40. The molecule has 0 saturated heterocycles. The van der Waals surface area contributed by atoms with E-state index in [9.17, 15) is 0 Å². The van der Waals surface area contributed by atoms with E-state index in [4.69, 9.17) is 10.0 Å². The minimum Gasteiger partial charge on any atom is -0.427 e. The maximum Gasteiger partial charge on any atom is 0.448 e. The van der Waals surface area contributed by atoms with E-state index in [1.807, 2.05) is 0 Å². The molecule has 0 atom stereocenters. The van der Waals surface area contributed by atoms with E-state index in [-0.39, 0.29) is 5.41 Å². The fraction of sp³-hybridized carbons (Fsp3) is 0.250. The quantitative estimate of drug-likeness (QED) is 0.470. The lowest BCUT2D eigenvalue weighted by molar-refractivity contribution is 0.417. The maximum atomic E-state index is 7.61. The zero-order valence-corrected chi connectivity index (χ0v) is 17.3. The van der Waals surface area contributed by atoms with E-state index in [1.54, 1.807) is 0 Å². The molecule has 0 amide bonds. The number of benzene rings is 2. The molecule has 28 heavy (non-hydrogen) atoms. The summed E-state index contributed by atoms with van der Waals surface area (Å²) in [6.07, 6.45) is 12.5. The molecule has 0 bridgehead atoms. The first kappa shape index (κ1) is 21.6. The van der Waals surface area contributed by atoms with Gasteiger partial charge in [-0.15, -0.1) is 12.8 Å². The first-order valence-electron chi connectivity index (χ1n) is 9.40. The van der Waals surface area contributed by atoms with Crippen molar-refractivity contribution in [3.63, 3.8) is 0 Å². The number of para-hydroxylation sites is 2. The third-order valence-electron chi connectivity index (χ3n) is 5.12. The topological polar surface area (TPSA) is 45.4 Å². The number of fused-ring (bicyclic) bond motifs is 2. The molecule has 0 radical (unpaired) electrons. The summed E-state index contributed by atoms with van der Waals surface area (Å²) < 4.78 is 2.45. The van der Waals surface area contributed by atoms with Crippen LogP contribution in [0.15, 0.2) is 42.5 Å². The van der Waals surface area contributed by atoms with Gasteiger partial charge >= 0.3 is 7.12 Å². The molecule has 2 heterocycles. The van der Waals surface area contributed by atoms with Gasteiger partial charge in [0.2, 0.25) is 0 Å². The van der Waals surface area contributed by atoms with Crippen LogP contribution in [0.1, 0.15) is 38.8 Å². The predicted molar refractivity (Wildman–Crippen MR) is 121 cm³/mol. The van der Waals surface area contributed by atoms with Crippen molar-refractivity contribution in [3.8, 4) is 18.5 Å². The smallest absolute Gasteiger partial charge is 0.427 e. The molecule has 2 N–H and O–H groups in total. The summed E-state index contributed by atoms with van der Waals surface area (Å²) >= 11 is 0. The second-order valence-electron chi connectivity index (χ2n) is 7.19. The Bertz CT molecular complexity index is 1120. The van der Waals surface area contributed by atoms with Crippen molar-refractivity contribution in [1.29, 1.82) is 0 Å². The zero-order valence-electron chi connectivity index (χ0n) is 17.3. The molecule has 4 rings (SSSR count). The van der Waals surface area contributed by atoms with Crippen LogP contribution in [-0.4, -0.2) is 21.7 Å². The van der Waals surface area contributed by atoms with Crippen molar-refractivity contribution in [2.45, 2.75) is 39.9 Å². The van der Waals surface area contributed by atoms with Crippen LogP contribution in [0.3, 0.4) is 0 Å². The number of rotatable bonds is 0. The predicted octanol–water partition coefficient (Wildman–Crippen LogP) is 3.21. The zero-order chi connectivity index (χ0) is 21.1. The summed E-state index contributed by atoms with van der Waals surface area (Å²) in [7, 11) is -1.17. The Hall–Kier alpha value is -2.74. The van der Waals surface area contributed by atoms with Gasteiger partial charge in [-0.05, 0) is 37.9 Å².